The van der Waals surface area contributed by atoms with Crippen LogP contribution in [0.5, 0.6) is 0 Å². The smallest absolute Gasteiger partial charge is 0.423 e. The van der Waals surface area contributed by atoms with E-state index in [1.807, 2.05) is 12.1 Å². The molecule has 1 aliphatic rings. The molecule has 8 aromatic rings. The van der Waals surface area contributed by atoms with Crippen LogP contribution in [-0.2, 0) is 5.41 Å². The molecule has 1 aliphatic carbocycles. The van der Waals surface area contributed by atoms with Gasteiger partial charge >= 0.3 is 7.12 Å². The predicted octanol–water partition coefficient (Wildman–Crippen LogP) is 10.3. The molecule has 0 spiro atoms. The minimum atomic E-state index is -1.52. The zero-order valence-corrected chi connectivity index (χ0v) is 27.4. The van der Waals surface area contributed by atoms with Gasteiger partial charge in [0.1, 0.15) is 0 Å². The molecule has 234 valence electrons. The van der Waals surface area contributed by atoms with Crippen molar-refractivity contribution in [2.45, 2.75) is 19.3 Å². The summed E-state index contributed by atoms with van der Waals surface area (Å²) < 4.78 is 0. The Labute approximate surface area is 286 Å². The van der Waals surface area contributed by atoms with Gasteiger partial charge in [0.25, 0.3) is 0 Å². The number of fused-ring (bicyclic) bond motifs is 9. The average molecular weight is 632 g/mol. The maximum atomic E-state index is 9.82. The van der Waals surface area contributed by atoms with Gasteiger partial charge in [0.05, 0.1) is 0 Å². The Kier molecular flexibility index (Phi) is 6.74. The molecule has 0 amide bonds. The van der Waals surface area contributed by atoms with Gasteiger partial charge in [-0.25, -0.2) is 0 Å². The first-order valence-corrected chi connectivity index (χ1v) is 16.8. The summed E-state index contributed by atoms with van der Waals surface area (Å²) in [6, 6.07) is 55.8. The molecular formula is C45H34BNO2. The zero-order valence-electron chi connectivity index (χ0n) is 27.4. The number of anilines is 3. The third-order valence-electron chi connectivity index (χ3n) is 10.5. The van der Waals surface area contributed by atoms with Crippen molar-refractivity contribution in [2.24, 2.45) is 0 Å². The molecule has 0 aliphatic heterocycles. The van der Waals surface area contributed by atoms with E-state index in [4.69, 9.17) is 0 Å². The minimum Gasteiger partial charge on any atom is -0.423 e. The highest BCUT2D eigenvalue weighted by Gasteiger charge is 2.35. The van der Waals surface area contributed by atoms with E-state index in [9.17, 15) is 10.0 Å². The summed E-state index contributed by atoms with van der Waals surface area (Å²) >= 11 is 0. The summed E-state index contributed by atoms with van der Waals surface area (Å²) in [7, 11) is -1.52. The van der Waals surface area contributed by atoms with E-state index in [2.05, 4.69) is 152 Å². The van der Waals surface area contributed by atoms with Crippen molar-refractivity contribution >= 4 is 62.0 Å². The van der Waals surface area contributed by atoms with Crippen molar-refractivity contribution in [1.29, 1.82) is 0 Å². The molecule has 0 unspecified atom stereocenters. The van der Waals surface area contributed by atoms with Crippen LogP contribution >= 0.6 is 0 Å². The van der Waals surface area contributed by atoms with E-state index in [0.29, 0.717) is 5.46 Å². The first-order chi connectivity index (χ1) is 23.9. The normalized spacial score (nSPS) is 13.1. The predicted molar refractivity (Wildman–Crippen MR) is 206 cm³/mol. The second-order valence-corrected chi connectivity index (χ2v) is 13.6. The van der Waals surface area contributed by atoms with Gasteiger partial charge in [0.2, 0.25) is 0 Å². The fraction of sp³-hybridized carbons (Fsp3) is 0.0667. The molecule has 0 aromatic heterocycles. The van der Waals surface area contributed by atoms with Gasteiger partial charge in [-0.3, -0.25) is 0 Å². The summed E-state index contributed by atoms with van der Waals surface area (Å²) in [5, 5.41) is 27.0. The number of rotatable bonds is 5. The maximum Gasteiger partial charge on any atom is 0.488 e. The molecule has 2 N–H and O–H groups in total. The first-order valence-electron chi connectivity index (χ1n) is 16.8. The van der Waals surface area contributed by atoms with Crippen LogP contribution in [0.1, 0.15) is 25.0 Å². The summed E-state index contributed by atoms with van der Waals surface area (Å²) in [5.74, 6) is 0. The van der Waals surface area contributed by atoms with E-state index in [0.717, 1.165) is 22.6 Å². The lowest BCUT2D eigenvalue weighted by Gasteiger charge is -2.27. The van der Waals surface area contributed by atoms with Crippen LogP contribution in [0.15, 0.2) is 158 Å². The largest absolute Gasteiger partial charge is 0.488 e. The van der Waals surface area contributed by atoms with E-state index in [1.165, 1.54) is 60.1 Å². The lowest BCUT2D eigenvalue weighted by Crippen LogP contribution is -2.29. The van der Waals surface area contributed by atoms with Gasteiger partial charge in [-0.1, -0.05) is 129 Å². The molecule has 0 radical (unpaired) electrons. The molecule has 4 heteroatoms. The van der Waals surface area contributed by atoms with Crippen molar-refractivity contribution in [2.75, 3.05) is 4.90 Å². The molecule has 3 nitrogen and oxygen atoms in total. The van der Waals surface area contributed by atoms with E-state index in [1.54, 1.807) is 12.1 Å². The second-order valence-electron chi connectivity index (χ2n) is 13.6. The molecule has 0 bridgehead atoms. The van der Waals surface area contributed by atoms with Gasteiger partial charge in [-0.05, 0) is 114 Å². The Morgan fingerprint density at radius 3 is 1.55 bits per heavy atom. The second kappa shape index (κ2) is 11.2. The zero-order chi connectivity index (χ0) is 33.3. The van der Waals surface area contributed by atoms with Crippen molar-refractivity contribution in [3.63, 3.8) is 0 Å². The van der Waals surface area contributed by atoms with Crippen molar-refractivity contribution in [3.8, 4) is 22.3 Å². The summed E-state index contributed by atoms with van der Waals surface area (Å²) in [5.41, 5.74) is 11.1. The van der Waals surface area contributed by atoms with E-state index < -0.39 is 7.12 Å². The van der Waals surface area contributed by atoms with Crippen LogP contribution in [-0.4, -0.2) is 17.2 Å². The topological polar surface area (TPSA) is 43.7 Å². The van der Waals surface area contributed by atoms with Crippen molar-refractivity contribution in [1.82, 2.24) is 0 Å². The van der Waals surface area contributed by atoms with Crippen molar-refractivity contribution < 1.29 is 10.0 Å². The molecule has 8 aromatic carbocycles. The lowest BCUT2D eigenvalue weighted by atomic mass is 9.80. The average Bonchev–Trinajstić information content (AvgIpc) is 3.38. The minimum absolute atomic E-state index is 0.0570. The molecule has 49 heavy (non-hydrogen) atoms. The summed E-state index contributed by atoms with van der Waals surface area (Å²) in [6.45, 7) is 4.64. The monoisotopic (exact) mass is 631 g/mol. The Hall–Kier alpha value is -5.68. The third kappa shape index (κ3) is 4.68. The molecule has 0 heterocycles. The van der Waals surface area contributed by atoms with Gasteiger partial charge in [-0.15, -0.1) is 0 Å². The molecule has 9 rings (SSSR count). The maximum absolute atomic E-state index is 9.82. The SMILES string of the molecule is CC1(C)c2ccccc2-c2ccc(-c3ccc(N(c4ccc(B(O)O)cc4)c4ccc5c6ccccc6c6ccccc6c5c4)cc3)cc21. The lowest BCUT2D eigenvalue weighted by molar-refractivity contribution is 0.426. The van der Waals surface area contributed by atoms with E-state index >= 15 is 0 Å². The summed E-state index contributed by atoms with van der Waals surface area (Å²) in [6.07, 6.45) is 0. The third-order valence-corrected chi connectivity index (χ3v) is 10.5. The van der Waals surface area contributed by atoms with Crippen LogP contribution in [0, 0.1) is 0 Å². The quantitative estimate of drug-likeness (QED) is 0.147. The fourth-order valence-corrected chi connectivity index (χ4v) is 7.96. The molecule has 0 saturated heterocycles. The van der Waals surface area contributed by atoms with Crippen LogP contribution in [0.4, 0.5) is 17.1 Å². The fourth-order valence-electron chi connectivity index (χ4n) is 7.96. The molecule has 0 saturated carbocycles. The van der Waals surface area contributed by atoms with E-state index in [-0.39, 0.29) is 5.41 Å². The summed E-state index contributed by atoms with van der Waals surface area (Å²) in [4.78, 5) is 2.24. The number of hydrogen-bond acceptors (Lipinski definition) is 3. The highest BCUT2D eigenvalue weighted by molar-refractivity contribution is 6.58. The number of hydrogen-bond donors (Lipinski definition) is 2. The van der Waals surface area contributed by atoms with Crippen LogP contribution in [0.2, 0.25) is 0 Å². The molecule has 0 fully saturated rings. The molecular weight excluding hydrogens is 597 g/mol. The standard InChI is InChI=1S/C45H34BNO2/c1-45(2)43-14-8-7-13-40(43)41-25-17-30(27-44(41)45)29-15-20-32(21-16-29)47(33-22-18-31(19-23-33)46(48)49)34-24-26-39-37-11-4-3-9-35(37)36-10-5-6-12-38(36)42(39)28-34/h3-28,48-49H,1-2H3. The Bertz CT molecular complexity index is 2520. The Morgan fingerprint density at radius 1 is 0.429 bits per heavy atom. The highest BCUT2D eigenvalue weighted by Crippen LogP contribution is 2.49. The van der Waals surface area contributed by atoms with Gasteiger partial charge in [0.15, 0.2) is 0 Å². The van der Waals surface area contributed by atoms with Crippen molar-refractivity contribution in [3.05, 3.63) is 169 Å². The van der Waals surface area contributed by atoms with Crippen LogP contribution < -0.4 is 10.4 Å². The van der Waals surface area contributed by atoms with Gasteiger partial charge < -0.3 is 14.9 Å². The first kappa shape index (κ1) is 29.5. The van der Waals surface area contributed by atoms with Gasteiger partial charge in [0, 0.05) is 22.5 Å². The molecule has 0 atom stereocenters. The van der Waals surface area contributed by atoms with Crippen LogP contribution in [0.3, 0.4) is 0 Å². The number of nitrogens with zero attached hydrogens (tertiary/aromatic N) is 1. The Morgan fingerprint density at radius 2 is 0.918 bits per heavy atom. The number of benzene rings is 8. The van der Waals surface area contributed by atoms with Gasteiger partial charge in [-0.2, -0.15) is 0 Å². The van der Waals surface area contributed by atoms with Crippen LogP contribution in [0.25, 0.3) is 54.6 Å². The highest BCUT2D eigenvalue weighted by atomic mass is 16.4. The Balaban J connectivity index is 1.17.